The summed E-state index contributed by atoms with van der Waals surface area (Å²) in [7, 11) is 3.08. The molecular weight excluding hydrogens is 424 g/mol. The molecule has 0 unspecified atom stereocenters. The number of benzene rings is 1. The van der Waals surface area contributed by atoms with E-state index in [2.05, 4.69) is 10.4 Å². The second kappa shape index (κ2) is 7.89. The summed E-state index contributed by atoms with van der Waals surface area (Å²) in [6, 6.07) is 10.2. The molecule has 0 aliphatic rings. The van der Waals surface area contributed by atoms with Crippen molar-refractivity contribution in [1.82, 2.24) is 14.8 Å². The number of carbonyl (C=O) groups is 2. The van der Waals surface area contributed by atoms with Gasteiger partial charge in [0.15, 0.2) is 5.65 Å². The van der Waals surface area contributed by atoms with Crippen molar-refractivity contribution >= 4 is 51.5 Å². The van der Waals surface area contributed by atoms with Gasteiger partial charge in [0.1, 0.15) is 0 Å². The van der Waals surface area contributed by atoms with Crippen LogP contribution in [0.2, 0.25) is 5.02 Å². The topological polar surface area (TPSA) is 86.1 Å². The van der Waals surface area contributed by atoms with Gasteiger partial charge in [0.2, 0.25) is 0 Å². The first-order valence-electron chi connectivity index (χ1n) is 8.96. The average molecular weight is 441 g/mol. The van der Waals surface area contributed by atoms with Crippen LogP contribution in [0.4, 0.5) is 5.69 Å². The summed E-state index contributed by atoms with van der Waals surface area (Å²) < 4.78 is 6.40. The lowest BCUT2D eigenvalue weighted by Gasteiger charge is -2.11. The fourth-order valence-corrected chi connectivity index (χ4v) is 4.08. The highest BCUT2D eigenvalue weighted by Crippen LogP contribution is 2.31. The van der Waals surface area contributed by atoms with Gasteiger partial charge in [-0.15, -0.1) is 11.3 Å². The zero-order valence-corrected chi connectivity index (χ0v) is 18.0. The molecule has 1 amide bonds. The molecule has 0 atom stereocenters. The van der Waals surface area contributed by atoms with Gasteiger partial charge < -0.3 is 10.1 Å². The van der Waals surface area contributed by atoms with Crippen molar-refractivity contribution in [3.05, 3.63) is 63.6 Å². The van der Waals surface area contributed by atoms with Crippen molar-refractivity contribution in [3.8, 4) is 10.6 Å². The molecule has 0 spiro atoms. The molecule has 4 rings (SSSR count). The zero-order chi connectivity index (χ0) is 21.4. The number of nitrogens with one attached hydrogen (secondary N) is 1. The first-order chi connectivity index (χ1) is 14.4. The lowest BCUT2D eigenvalue weighted by Crippen LogP contribution is -2.14. The molecule has 0 fully saturated rings. The monoisotopic (exact) mass is 440 g/mol. The van der Waals surface area contributed by atoms with E-state index in [1.165, 1.54) is 36.6 Å². The molecule has 1 aromatic carbocycles. The van der Waals surface area contributed by atoms with E-state index in [1.54, 1.807) is 17.8 Å². The minimum absolute atomic E-state index is 0.286. The molecule has 0 aliphatic heterocycles. The standard InChI is InChI=1S/C21H17ClN4O3S/c1-11-18-13(10-16(17-5-4-8-30-17)23-19(18)26(2)25-11)20(27)24-15-9-12(21(28)29-3)6-7-14(15)22/h4-10H,1-3H3,(H,24,27). The Morgan fingerprint density at radius 1 is 1.23 bits per heavy atom. The lowest BCUT2D eigenvalue weighted by atomic mass is 10.1. The zero-order valence-electron chi connectivity index (χ0n) is 16.4. The summed E-state index contributed by atoms with van der Waals surface area (Å²) in [4.78, 5) is 30.7. The Morgan fingerprint density at radius 2 is 2.03 bits per heavy atom. The summed E-state index contributed by atoms with van der Waals surface area (Å²) in [6.45, 7) is 1.83. The molecule has 0 saturated heterocycles. The summed E-state index contributed by atoms with van der Waals surface area (Å²) in [5.41, 5.74) is 3.01. The third-order valence-corrected chi connectivity index (χ3v) is 5.84. The van der Waals surface area contributed by atoms with Crippen LogP contribution in [0.3, 0.4) is 0 Å². The van der Waals surface area contributed by atoms with E-state index in [-0.39, 0.29) is 11.5 Å². The number of aryl methyl sites for hydroxylation is 2. The smallest absolute Gasteiger partial charge is 0.337 e. The molecule has 0 radical (unpaired) electrons. The molecule has 3 aromatic heterocycles. The number of thiophene rings is 1. The summed E-state index contributed by atoms with van der Waals surface area (Å²) in [5, 5.41) is 10.1. The highest BCUT2D eigenvalue weighted by Gasteiger charge is 2.21. The molecule has 1 N–H and O–H groups in total. The van der Waals surface area contributed by atoms with E-state index in [4.69, 9.17) is 21.3 Å². The molecule has 30 heavy (non-hydrogen) atoms. The van der Waals surface area contributed by atoms with Crippen LogP contribution in [-0.2, 0) is 11.8 Å². The van der Waals surface area contributed by atoms with Gasteiger partial charge in [0.05, 0.1) is 50.6 Å². The van der Waals surface area contributed by atoms with Crippen molar-refractivity contribution in [3.63, 3.8) is 0 Å². The predicted octanol–water partition coefficient (Wildman–Crippen LogP) is 4.70. The molecular formula is C21H17ClN4O3S. The Bertz CT molecular complexity index is 1280. The van der Waals surface area contributed by atoms with Crippen molar-refractivity contribution in [2.75, 3.05) is 12.4 Å². The second-order valence-electron chi connectivity index (χ2n) is 6.58. The van der Waals surface area contributed by atoms with Crippen molar-refractivity contribution < 1.29 is 14.3 Å². The average Bonchev–Trinajstić information content (AvgIpc) is 3.37. The maximum atomic E-state index is 13.3. The number of hydrogen-bond acceptors (Lipinski definition) is 6. The highest BCUT2D eigenvalue weighted by molar-refractivity contribution is 7.13. The molecule has 0 saturated carbocycles. The van der Waals surface area contributed by atoms with Gasteiger partial charge in [-0.05, 0) is 42.6 Å². The minimum atomic E-state index is -0.517. The van der Waals surface area contributed by atoms with Gasteiger partial charge in [-0.1, -0.05) is 17.7 Å². The third-order valence-electron chi connectivity index (χ3n) is 4.62. The second-order valence-corrected chi connectivity index (χ2v) is 7.94. The van der Waals surface area contributed by atoms with Crippen molar-refractivity contribution in [2.45, 2.75) is 6.92 Å². The van der Waals surface area contributed by atoms with E-state index in [9.17, 15) is 9.59 Å². The lowest BCUT2D eigenvalue weighted by molar-refractivity contribution is 0.0600. The fraction of sp³-hybridized carbons (Fsp3) is 0.143. The van der Waals surface area contributed by atoms with Crippen LogP contribution in [0.15, 0.2) is 41.8 Å². The quantitative estimate of drug-likeness (QED) is 0.465. The van der Waals surface area contributed by atoms with Crippen LogP contribution >= 0.6 is 22.9 Å². The third kappa shape index (κ3) is 3.55. The summed E-state index contributed by atoms with van der Waals surface area (Å²) >= 11 is 7.78. The van der Waals surface area contributed by atoms with Crippen LogP contribution in [0, 0.1) is 6.92 Å². The number of anilines is 1. The number of ether oxygens (including phenoxy) is 1. The van der Waals surface area contributed by atoms with E-state index in [1.807, 2.05) is 24.4 Å². The van der Waals surface area contributed by atoms with Gasteiger partial charge in [-0.25, -0.2) is 9.78 Å². The van der Waals surface area contributed by atoms with Gasteiger partial charge in [0.25, 0.3) is 5.91 Å². The number of halogens is 1. The van der Waals surface area contributed by atoms with E-state index in [0.29, 0.717) is 38.7 Å². The molecule has 4 aromatic rings. The Balaban J connectivity index is 1.81. The fourth-order valence-electron chi connectivity index (χ4n) is 3.23. The number of aromatic nitrogens is 3. The number of fused-ring (bicyclic) bond motifs is 1. The first-order valence-corrected chi connectivity index (χ1v) is 10.2. The maximum absolute atomic E-state index is 13.3. The number of esters is 1. The minimum Gasteiger partial charge on any atom is -0.465 e. The number of methoxy groups -OCH3 is 1. The summed E-state index contributed by atoms with van der Waals surface area (Å²) in [6.07, 6.45) is 0. The van der Waals surface area contributed by atoms with Crippen LogP contribution in [0.25, 0.3) is 21.6 Å². The largest absolute Gasteiger partial charge is 0.465 e. The highest BCUT2D eigenvalue weighted by atomic mass is 35.5. The van der Waals surface area contributed by atoms with Gasteiger partial charge in [-0.2, -0.15) is 5.10 Å². The Labute approximate surface area is 181 Å². The van der Waals surface area contributed by atoms with Crippen molar-refractivity contribution in [1.29, 1.82) is 0 Å². The number of amides is 1. The van der Waals surface area contributed by atoms with Gasteiger partial charge in [-0.3, -0.25) is 9.48 Å². The van der Waals surface area contributed by atoms with Crippen LogP contribution < -0.4 is 5.32 Å². The number of rotatable bonds is 4. The number of hydrogen-bond donors (Lipinski definition) is 1. The van der Waals surface area contributed by atoms with Crippen molar-refractivity contribution in [2.24, 2.45) is 7.05 Å². The van der Waals surface area contributed by atoms with Crippen LogP contribution in [0.1, 0.15) is 26.4 Å². The normalized spacial score (nSPS) is 10.9. The molecule has 9 heteroatoms. The molecule has 152 valence electrons. The van der Waals surface area contributed by atoms with E-state index < -0.39 is 5.97 Å². The molecule has 0 aliphatic carbocycles. The van der Waals surface area contributed by atoms with Crippen LogP contribution in [0.5, 0.6) is 0 Å². The molecule has 3 heterocycles. The Hall–Kier alpha value is -3.23. The Morgan fingerprint density at radius 3 is 2.73 bits per heavy atom. The predicted molar refractivity (Wildman–Crippen MR) is 117 cm³/mol. The maximum Gasteiger partial charge on any atom is 0.337 e. The number of carbonyl (C=O) groups excluding carboxylic acids is 2. The van der Waals surface area contributed by atoms with E-state index in [0.717, 1.165) is 4.88 Å². The Kier molecular flexibility index (Phi) is 5.27. The number of nitrogens with zero attached hydrogens (tertiary/aromatic N) is 3. The van der Waals surface area contributed by atoms with Gasteiger partial charge in [0, 0.05) is 7.05 Å². The molecule has 0 bridgehead atoms. The molecule has 7 nitrogen and oxygen atoms in total. The summed E-state index contributed by atoms with van der Waals surface area (Å²) in [5.74, 6) is -0.892. The van der Waals surface area contributed by atoms with E-state index >= 15 is 0 Å². The number of pyridine rings is 1. The SMILES string of the molecule is COC(=O)c1ccc(Cl)c(NC(=O)c2cc(-c3cccs3)nc3c2c(C)nn3C)c1. The van der Waals surface area contributed by atoms with Gasteiger partial charge >= 0.3 is 5.97 Å². The van der Waals surface area contributed by atoms with Crippen LogP contribution in [-0.4, -0.2) is 33.8 Å². The first kappa shape index (κ1) is 20.1.